The van der Waals surface area contributed by atoms with E-state index < -0.39 is 18.0 Å². The number of anilines is 2. The minimum absolute atomic E-state index is 0.246. The zero-order valence-electron chi connectivity index (χ0n) is 15.0. The van der Waals surface area contributed by atoms with E-state index in [1.807, 2.05) is 18.2 Å². The summed E-state index contributed by atoms with van der Waals surface area (Å²) in [6.07, 6.45) is -1.21. The largest absolute Gasteiger partial charge is 0.449 e. The molecule has 1 atom stereocenters. The van der Waals surface area contributed by atoms with Gasteiger partial charge in [-0.1, -0.05) is 18.2 Å². The zero-order chi connectivity index (χ0) is 19.8. The molecule has 0 aliphatic rings. The van der Waals surface area contributed by atoms with Crippen LogP contribution in [0.15, 0.2) is 54.6 Å². The number of carbonyl (C=O) groups is 3. The maximum absolute atomic E-state index is 12.4. The summed E-state index contributed by atoms with van der Waals surface area (Å²) < 4.78 is 5.24. The molecule has 0 bridgehead atoms. The van der Waals surface area contributed by atoms with Crippen LogP contribution < -0.4 is 10.2 Å². The molecule has 2 aromatic carbocycles. The second kappa shape index (κ2) is 9.15. The molecule has 27 heavy (non-hydrogen) atoms. The van der Waals surface area contributed by atoms with Crippen molar-refractivity contribution < 1.29 is 19.1 Å². The molecule has 7 heteroatoms. The van der Waals surface area contributed by atoms with Crippen LogP contribution in [0, 0.1) is 11.3 Å². The van der Waals surface area contributed by atoms with Gasteiger partial charge in [-0.3, -0.25) is 9.59 Å². The van der Waals surface area contributed by atoms with Gasteiger partial charge in [0.05, 0.1) is 11.6 Å². The Balaban J connectivity index is 1.96. The zero-order valence-corrected chi connectivity index (χ0v) is 15.0. The van der Waals surface area contributed by atoms with Crippen molar-refractivity contribution >= 4 is 29.2 Å². The first-order valence-electron chi connectivity index (χ1n) is 8.23. The number of likely N-dealkylation sites (N-methyl/N-ethyl adjacent to an activating group) is 1. The van der Waals surface area contributed by atoms with Crippen LogP contribution in [0.2, 0.25) is 0 Å². The first kappa shape index (κ1) is 19.7. The van der Waals surface area contributed by atoms with E-state index in [-0.39, 0.29) is 17.9 Å². The highest BCUT2D eigenvalue weighted by Gasteiger charge is 2.23. The van der Waals surface area contributed by atoms with Gasteiger partial charge in [-0.15, -0.1) is 0 Å². The summed E-state index contributed by atoms with van der Waals surface area (Å²) in [7, 11) is 1.61. The first-order chi connectivity index (χ1) is 12.9. The van der Waals surface area contributed by atoms with E-state index in [4.69, 9.17) is 10.00 Å². The normalized spacial score (nSPS) is 11.0. The van der Waals surface area contributed by atoms with Gasteiger partial charge in [0, 0.05) is 18.4 Å². The van der Waals surface area contributed by atoms with Gasteiger partial charge in [-0.05, 0) is 43.3 Å². The van der Waals surface area contributed by atoms with Crippen LogP contribution >= 0.6 is 0 Å². The Labute approximate surface area is 157 Å². The second-order valence-electron chi connectivity index (χ2n) is 5.74. The number of esters is 1. The highest BCUT2D eigenvalue weighted by atomic mass is 16.5. The molecule has 0 heterocycles. The smallest absolute Gasteiger partial charge is 0.338 e. The average Bonchev–Trinajstić information content (AvgIpc) is 2.68. The summed E-state index contributed by atoms with van der Waals surface area (Å²) in [5.74, 6) is -1.43. The van der Waals surface area contributed by atoms with Crippen molar-refractivity contribution in [1.29, 1.82) is 5.26 Å². The summed E-state index contributed by atoms with van der Waals surface area (Å²) in [6.45, 7) is 1.51. The number of nitrogens with one attached hydrogen (secondary N) is 1. The molecule has 1 unspecified atom stereocenters. The van der Waals surface area contributed by atoms with E-state index >= 15 is 0 Å². The van der Waals surface area contributed by atoms with Gasteiger partial charge in [0.1, 0.15) is 6.42 Å². The van der Waals surface area contributed by atoms with Gasteiger partial charge >= 0.3 is 5.97 Å². The molecule has 0 aliphatic heterocycles. The highest BCUT2D eigenvalue weighted by Crippen LogP contribution is 2.15. The SMILES string of the molecule is CC(OC(=O)c1ccc(NC(=O)CC#N)cc1)C(=O)N(C)c1ccccc1. The minimum atomic E-state index is -0.960. The van der Waals surface area contributed by atoms with Gasteiger partial charge in [0.25, 0.3) is 5.91 Å². The van der Waals surface area contributed by atoms with Crippen LogP contribution in [0.3, 0.4) is 0 Å². The summed E-state index contributed by atoms with van der Waals surface area (Å²) in [4.78, 5) is 37.4. The quantitative estimate of drug-likeness (QED) is 0.794. The summed E-state index contributed by atoms with van der Waals surface area (Å²) in [5.41, 5.74) is 1.40. The molecule has 0 spiro atoms. The van der Waals surface area contributed by atoms with E-state index in [9.17, 15) is 14.4 Å². The molecule has 0 saturated heterocycles. The lowest BCUT2D eigenvalue weighted by molar-refractivity contribution is -0.126. The maximum Gasteiger partial charge on any atom is 0.338 e. The fourth-order valence-electron chi connectivity index (χ4n) is 2.30. The van der Waals surface area contributed by atoms with Crippen molar-refractivity contribution in [3.05, 3.63) is 60.2 Å². The van der Waals surface area contributed by atoms with E-state index in [0.717, 1.165) is 0 Å². The molecular formula is C20H19N3O4. The van der Waals surface area contributed by atoms with Crippen molar-refractivity contribution in [2.24, 2.45) is 0 Å². The summed E-state index contributed by atoms with van der Waals surface area (Å²) in [5, 5.41) is 11.0. The van der Waals surface area contributed by atoms with Gasteiger partial charge in [0.2, 0.25) is 5.91 Å². The topological polar surface area (TPSA) is 99.5 Å². The van der Waals surface area contributed by atoms with E-state index in [1.54, 1.807) is 25.2 Å². The Morgan fingerprint density at radius 3 is 2.33 bits per heavy atom. The summed E-state index contributed by atoms with van der Waals surface area (Å²) in [6, 6.07) is 16.8. The number of hydrogen-bond donors (Lipinski definition) is 1. The lowest BCUT2D eigenvalue weighted by Gasteiger charge is -2.21. The molecule has 7 nitrogen and oxygen atoms in total. The number of benzene rings is 2. The average molecular weight is 365 g/mol. The van der Waals surface area contributed by atoms with E-state index in [0.29, 0.717) is 11.4 Å². The van der Waals surface area contributed by atoms with Crippen molar-refractivity contribution in [3.8, 4) is 6.07 Å². The highest BCUT2D eigenvalue weighted by molar-refractivity contribution is 5.99. The van der Waals surface area contributed by atoms with Gasteiger partial charge in [-0.2, -0.15) is 5.26 Å². The number of ether oxygens (including phenoxy) is 1. The van der Waals surface area contributed by atoms with E-state index in [1.165, 1.54) is 36.1 Å². The van der Waals surface area contributed by atoms with Gasteiger partial charge in [-0.25, -0.2) is 4.79 Å². The molecule has 2 aromatic rings. The Morgan fingerprint density at radius 2 is 1.74 bits per heavy atom. The predicted octanol–water partition coefficient (Wildman–Crippen LogP) is 2.75. The van der Waals surface area contributed by atoms with Crippen LogP contribution in [0.1, 0.15) is 23.7 Å². The molecule has 0 aromatic heterocycles. The standard InChI is InChI=1S/C20H19N3O4/c1-14(19(25)23(2)17-6-4-3-5-7-17)27-20(26)15-8-10-16(11-9-15)22-18(24)12-13-21/h3-11,14H,12H2,1-2H3,(H,22,24). The van der Waals surface area contributed by atoms with Crippen molar-refractivity contribution in [2.45, 2.75) is 19.4 Å². The van der Waals surface area contributed by atoms with Gasteiger partial charge < -0.3 is 15.0 Å². The molecule has 0 fully saturated rings. The molecule has 1 N–H and O–H groups in total. The number of amides is 2. The first-order valence-corrected chi connectivity index (χ1v) is 8.23. The van der Waals surface area contributed by atoms with E-state index in [2.05, 4.69) is 5.32 Å². The number of nitriles is 1. The van der Waals surface area contributed by atoms with Crippen molar-refractivity contribution in [3.63, 3.8) is 0 Å². The number of carbonyl (C=O) groups excluding carboxylic acids is 3. The number of nitrogens with zero attached hydrogens (tertiary/aromatic N) is 2. The lowest BCUT2D eigenvalue weighted by atomic mass is 10.2. The Morgan fingerprint density at radius 1 is 1.11 bits per heavy atom. The van der Waals surface area contributed by atoms with Crippen LogP contribution in [0.4, 0.5) is 11.4 Å². The summed E-state index contributed by atoms with van der Waals surface area (Å²) >= 11 is 0. The molecule has 138 valence electrons. The number of hydrogen-bond acceptors (Lipinski definition) is 5. The number of rotatable bonds is 6. The minimum Gasteiger partial charge on any atom is -0.449 e. The molecule has 2 rings (SSSR count). The maximum atomic E-state index is 12.4. The van der Waals surface area contributed by atoms with Gasteiger partial charge in [0.15, 0.2) is 6.10 Å². The lowest BCUT2D eigenvalue weighted by Crippen LogP contribution is -2.37. The van der Waals surface area contributed by atoms with Crippen LogP contribution in [0.25, 0.3) is 0 Å². The van der Waals surface area contributed by atoms with Crippen molar-refractivity contribution in [1.82, 2.24) is 0 Å². The molecule has 0 aliphatic carbocycles. The predicted molar refractivity (Wildman–Crippen MR) is 100 cm³/mol. The third-order valence-corrected chi connectivity index (χ3v) is 3.75. The molecule has 0 radical (unpaired) electrons. The van der Waals surface area contributed by atoms with Crippen LogP contribution in [-0.2, 0) is 14.3 Å². The van der Waals surface area contributed by atoms with Crippen molar-refractivity contribution in [2.75, 3.05) is 17.3 Å². The van der Waals surface area contributed by atoms with Crippen LogP contribution in [-0.4, -0.2) is 30.9 Å². The third-order valence-electron chi connectivity index (χ3n) is 3.75. The monoisotopic (exact) mass is 365 g/mol. The fourth-order valence-corrected chi connectivity index (χ4v) is 2.30. The Hall–Kier alpha value is -3.66. The van der Waals surface area contributed by atoms with Crippen LogP contribution in [0.5, 0.6) is 0 Å². The Bertz CT molecular complexity index is 857. The fraction of sp³-hybridized carbons (Fsp3) is 0.200. The number of para-hydroxylation sites is 1. The Kier molecular flexibility index (Phi) is 6.67. The third kappa shape index (κ3) is 5.41. The molecule has 0 saturated carbocycles. The molecule has 2 amide bonds. The molecular weight excluding hydrogens is 346 g/mol. The second-order valence-corrected chi connectivity index (χ2v) is 5.74.